The van der Waals surface area contributed by atoms with Gasteiger partial charge in [0.15, 0.2) is 11.0 Å². The summed E-state index contributed by atoms with van der Waals surface area (Å²) in [4.78, 5) is 0.818. The highest BCUT2D eigenvalue weighted by molar-refractivity contribution is 7.83. The first-order valence-corrected chi connectivity index (χ1v) is 5.09. The zero-order chi connectivity index (χ0) is 9.10. The standard InChI is InChI=1S/C10H9NOS/c12-13(11-8-4-5-9-11)10-6-2-1-3-7-10/h1-9H. The van der Waals surface area contributed by atoms with Crippen LogP contribution in [0.3, 0.4) is 0 Å². The topological polar surface area (TPSA) is 22.0 Å². The molecule has 2 rings (SSSR count). The van der Waals surface area contributed by atoms with Gasteiger partial charge in [-0.3, -0.25) is 3.97 Å². The van der Waals surface area contributed by atoms with Gasteiger partial charge in [-0.05, 0) is 24.3 Å². The van der Waals surface area contributed by atoms with E-state index >= 15 is 0 Å². The Bertz CT molecular complexity index is 394. The molecule has 1 aromatic carbocycles. The molecule has 0 spiro atoms. The highest BCUT2D eigenvalue weighted by atomic mass is 32.2. The molecule has 0 aliphatic carbocycles. The van der Waals surface area contributed by atoms with Crippen molar-refractivity contribution >= 4 is 11.0 Å². The summed E-state index contributed by atoms with van der Waals surface area (Å²) in [5.74, 6) is 0. The van der Waals surface area contributed by atoms with Crippen molar-refractivity contribution in [2.24, 2.45) is 0 Å². The second-order valence-electron chi connectivity index (χ2n) is 2.61. The van der Waals surface area contributed by atoms with E-state index in [4.69, 9.17) is 0 Å². The van der Waals surface area contributed by atoms with E-state index in [1.165, 1.54) is 0 Å². The molecule has 3 heteroatoms. The maximum absolute atomic E-state index is 11.8. The van der Waals surface area contributed by atoms with Crippen LogP contribution in [0.25, 0.3) is 0 Å². The quantitative estimate of drug-likeness (QED) is 0.712. The summed E-state index contributed by atoms with van der Waals surface area (Å²) in [7, 11) is -1.10. The second-order valence-corrected chi connectivity index (χ2v) is 4.00. The number of nitrogens with zero attached hydrogens (tertiary/aromatic N) is 1. The van der Waals surface area contributed by atoms with E-state index in [2.05, 4.69) is 0 Å². The van der Waals surface area contributed by atoms with E-state index in [-0.39, 0.29) is 0 Å². The van der Waals surface area contributed by atoms with Crippen LogP contribution in [0.2, 0.25) is 0 Å². The normalized spacial score (nSPS) is 12.6. The fraction of sp³-hybridized carbons (Fsp3) is 0. The molecule has 1 heterocycles. The minimum Gasteiger partial charge on any atom is -0.271 e. The Morgan fingerprint density at radius 1 is 0.923 bits per heavy atom. The summed E-state index contributed by atoms with van der Waals surface area (Å²) in [6, 6.07) is 13.1. The molecule has 0 amide bonds. The number of hydrogen-bond acceptors (Lipinski definition) is 1. The molecule has 0 N–H and O–H groups in total. The van der Waals surface area contributed by atoms with Gasteiger partial charge in [0.25, 0.3) is 0 Å². The van der Waals surface area contributed by atoms with Crippen LogP contribution in [0.4, 0.5) is 0 Å². The predicted octanol–water partition coefficient (Wildman–Crippen LogP) is 2.06. The highest BCUT2D eigenvalue weighted by Crippen LogP contribution is 2.07. The second kappa shape index (κ2) is 3.58. The summed E-state index contributed by atoms with van der Waals surface area (Å²) in [6.07, 6.45) is 3.59. The lowest BCUT2D eigenvalue weighted by Crippen LogP contribution is -2.01. The van der Waals surface area contributed by atoms with Gasteiger partial charge in [-0.2, -0.15) is 0 Å². The highest BCUT2D eigenvalue weighted by Gasteiger charge is 2.02. The molecular formula is C10H9NOS. The van der Waals surface area contributed by atoms with Crippen molar-refractivity contribution in [1.82, 2.24) is 3.97 Å². The zero-order valence-corrected chi connectivity index (χ0v) is 7.78. The van der Waals surface area contributed by atoms with Gasteiger partial charge in [0, 0.05) is 12.4 Å². The van der Waals surface area contributed by atoms with Gasteiger partial charge < -0.3 is 0 Å². The molecule has 0 aliphatic rings. The van der Waals surface area contributed by atoms with Crippen LogP contribution >= 0.6 is 0 Å². The Balaban J connectivity index is 2.34. The average molecular weight is 191 g/mol. The summed E-state index contributed by atoms with van der Waals surface area (Å²) in [6.45, 7) is 0. The van der Waals surface area contributed by atoms with Gasteiger partial charge in [-0.25, -0.2) is 4.21 Å². The largest absolute Gasteiger partial charge is 0.271 e. The monoisotopic (exact) mass is 191 g/mol. The molecule has 66 valence electrons. The molecule has 2 aromatic rings. The van der Waals surface area contributed by atoms with Crippen LogP contribution in [-0.4, -0.2) is 8.18 Å². The van der Waals surface area contributed by atoms with Gasteiger partial charge in [-0.15, -0.1) is 0 Å². The van der Waals surface area contributed by atoms with E-state index in [1.807, 2.05) is 42.5 Å². The molecule has 1 atom stereocenters. The lowest BCUT2D eigenvalue weighted by Gasteiger charge is -2.01. The predicted molar refractivity (Wildman–Crippen MR) is 52.7 cm³/mol. The maximum Gasteiger partial charge on any atom is 0.156 e. The van der Waals surface area contributed by atoms with Gasteiger partial charge >= 0.3 is 0 Å². The van der Waals surface area contributed by atoms with Crippen molar-refractivity contribution in [1.29, 1.82) is 0 Å². The van der Waals surface area contributed by atoms with Crippen molar-refractivity contribution in [2.75, 3.05) is 0 Å². The Morgan fingerprint density at radius 3 is 2.15 bits per heavy atom. The molecule has 13 heavy (non-hydrogen) atoms. The fourth-order valence-corrected chi connectivity index (χ4v) is 2.08. The Labute approximate surface area is 79.4 Å². The first-order valence-electron chi connectivity index (χ1n) is 3.98. The van der Waals surface area contributed by atoms with Crippen molar-refractivity contribution in [2.45, 2.75) is 4.90 Å². The van der Waals surface area contributed by atoms with Gasteiger partial charge in [0.1, 0.15) is 0 Å². The molecule has 0 radical (unpaired) electrons. The van der Waals surface area contributed by atoms with E-state index in [9.17, 15) is 4.21 Å². The zero-order valence-electron chi connectivity index (χ0n) is 6.96. The van der Waals surface area contributed by atoms with E-state index in [0.717, 1.165) is 4.90 Å². The SMILES string of the molecule is O=S(c1ccccc1)n1cccc1. The fourth-order valence-electron chi connectivity index (χ4n) is 1.09. The third-order valence-corrected chi connectivity index (χ3v) is 3.02. The van der Waals surface area contributed by atoms with E-state index in [0.29, 0.717) is 0 Å². The molecule has 2 nitrogen and oxygen atoms in total. The van der Waals surface area contributed by atoms with E-state index in [1.54, 1.807) is 16.4 Å². The lowest BCUT2D eigenvalue weighted by atomic mass is 10.4. The minimum atomic E-state index is -1.10. The first kappa shape index (κ1) is 8.26. The van der Waals surface area contributed by atoms with Gasteiger partial charge in [-0.1, -0.05) is 18.2 Å². The third-order valence-electron chi connectivity index (χ3n) is 1.71. The lowest BCUT2D eigenvalue weighted by molar-refractivity contribution is 0.677. The van der Waals surface area contributed by atoms with Gasteiger partial charge in [0.05, 0.1) is 4.90 Å². The van der Waals surface area contributed by atoms with Crippen molar-refractivity contribution in [3.8, 4) is 0 Å². The van der Waals surface area contributed by atoms with Crippen LogP contribution in [-0.2, 0) is 11.0 Å². The average Bonchev–Trinajstić information content (AvgIpc) is 2.71. The molecule has 0 fully saturated rings. The molecule has 0 aliphatic heterocycles. The molecule has 0 saturated carbocycles. The van der Waals surface area contributed by atoms with Crippen LogP contribution < -0.4 is 0 Å². The van der Waals surface area contributed by atoms with Gasteiger partial charge in [0.2, 0.25) is 0 Å². The molecular weight excluding hydrogens is 182 g/mol. The number of aromatic nitrogens is 1. The molecule has 1 aromatic heterocycles. The van der Waals surface area contributed by atoms with Crippen molar-refractivity contribution < 1.29 is 4.21 Å². The first-order chi connectivity index (χ1) is 6.38. The number of rotatable bonds is 2. The van der Waals surface area contributed by atoms with Crippen LogP contribution in [0.5, 0.6) is 0 Å². The summed E-state index contributed by atoms with van der Waals surface area (Å²) in [5.41, 5.74) is 0. The van der Waals surface area contributed by atoms with Crippen LogP contribution in [0.15, 0.2) is 59.8 Å². The van der Waals surface area contributed by atoms with Crippen LogP contribution in [0.1, 0.15) is 0 Å². The summed E-state index contributed by atoms with van der Waals surface area (Å²) >= 11 is 0. The smallest absolute Gasteiger partial charge is 0.156 e. The number of benzene rings is 1. The minimum absolute atomic E-state index is 0.818. The third kappa shape index (κ3) is 1.70. The Hall–Kier alpha value is -1.35. The Morgan fingerprint density at radius 2 is 1.54 bits per heavy atom. The maximum atomic E-state index is 11.8. The Kier molecular flexibility index (Phi) is 2.27. The van der Waals surface area contributed by atoms with Crippen molar-refractivity contribution in [3.05, 3.63) is 54.9 Å². The summed E-state index contributed by atoms with van der Waals surface area (Å²) in [5, 5.41) is 0. The van der Waals surface area contributed by atoms with Crippen molar-refractivity contribution in [3.63, 3.8) is 0 Å². The van der Waals surface area contributed by atoms with E-state index < -0.39 is 11.0 Å². The molecule has 0 bridgehead atoms. The summed E-state index contributed by atoms with van der Waals surface area (Å²) < 4.78 is 13.5. The number of hydrogen-bond donors (Lipinski definition) is 0. The molecule has 1 unspecified atom stereocenters. The van der Waals surface area contributed by atoms with Crippen LogP contribution in [0, 0.1) is 0 Å². The molecule has 0 saturated heterocycles.